The minimum absolute atomic E-state index is 0.0905. The van der Waals surface area contributed by atoms with Gasteiger partial charge >= 0.3 is 0 Å². The maximum atomic E-state index is 12.5. The predicted octanol–water partition coefficient (Wildman–Crippen LogP) is 19.1. The topological polar surface area (TPSA) is 69.6 Å². The molecule has 0 aliphatic carbocycles. The molecule has 67 heavy (non-hydrogen) atoms. The van der Waals surface area contributed by atoms with Crippen molar-refractivity contribution in [1.82, 2.24) is 5.32 Å². The zero-order valence-electron chi connectivity index (χ0n) is 44.1. The van der Waals surface area contributed by atoms with Crippen molar-refractivity contribution in [3.05, 3.63) is 109 Å². The van der Waals surface area contributed by atoms with Crippen molar-refractivity contribution in [3.8, 4) is 0 Å². The van der Waals surface area contributed by atoms with Crippen molar-refractivity contribution in [2.45, 2.75) is 276 Å². The van der Waals surface area contributed by atoms with Crippen LogP contribution in [-0.4, -0.2) is 34.9 Å². The molecule has 0 fully saturated rings. The standard InChI is InChI=1S/C63H109NO3/c1-3-5-7-9-11-13-15-17-19-21-23-25-27-29-31-32-33-35-37-39-41-43-45-47-49-51-53-55-57-59-63(67)64-61(60-65)62(66)58-56-54-52-50-48-46-44-42-40-38-36-34-30-28-26-24-22-20-18-16-14-12-10-8-6-4-2/h5,7,11,13,17,19,23,25,29,31,33,35,39,41,45,47,56,58,61-62,65-66H,3-4,6,8-10,12,14-16,18,20-22,24,26-28,30,32,34,36-38,40,42-44,46,48-55,57,59-60H2,1-2H3,(H,64,67)/b7-5-,13-11-,19-17-,25-23-,31-29-,35-33-,41-39-,47-45-,58-56+. The molecular formula is C63H109NO3. The van der Waals surface area contributed by atoms with Crippen molar-refractivity contribution in [1.29, 1.82) is 0 Å². The van der Waals surface area contributed by atoms with E-state index in [4.69, 9.17) is 0 Å². The van der Waals surface area contributed by atoms with Crippen molar-refractivity contribution in [2.75, 3.05) is 6.61 Å². The molecule has 0 bridgehead atoms. The average molecular weight is 929 g/mol. The van der Waals surface area contributed by atoms with Gasteiger partial charge in [-0.2, -0.15) is 0 Å². The van der Waals surface area contributed by atoms with Gasteiger partial charge in [0.25, 0.3) is 0 Å². The lowest BCUT2D eigenvalue weighted by molar-refractivity contribution is -0.123. The quantitative estimate of drug-likeness (QED) is 0.0420. The van der Waals surface area contributed by atoms with E-state index >= 15 is 0 Å². The molecule has 0 spiro atoms. The Morgan fingerprint density at radius 2 is 0.657 bits per heavy atom. The van der Waals surface area contributed by atoms with E-state index in [-0.39, 0.29) is 12.5 Å². The van der Waals surface area contributed by atoms with Gasteiger partial charge in [-0.3, -0.25) is 4.79 Å². The molecule has 384 valence electrons. The lowest BCUT2D eigenvalue weighted by atomic mass is 10.0. The zero-order chi connectivity index (χ0) is 48.5. The van der Waals surface area contributed by atoms with Gasteiger partial charge in [0.05, 0.1) is 18.8 Å². The molecule has 0 saturated carbocycles. The highest BCUT2D eigenvalue weighted by Crippen LogP contribution is 2.16. The summed E-state index contributed by atoms with van der Waals surface area (Å²) in [5.74, 6) is -0.0905. The van der Waals surface area contributed by atoms with Crippen LogP contribution >= 0.6 is 0 Å². The summed E-state index contributed by atoms with van der Waals surface area (Å²) >= 11 is 0. The largest absolute Gasteiger partial charge is 0.394 e. The summed E-state index contributed by atoms with van der Waals surface area (Å²) in [6.45, 7) is 4.20. The summed E-state index contributed by atoms with van der Waals surface area (Å²) in [5, 5.41) is 23.2. The third-order valence-corrected chi connectivity index (χ3v) is 12.5. The number of amides is 1. The second-order valence-corrected chi connectivity index (χ2v) is 19.0. The van der Waals surface area contributed by atoms with Crippen LogP contribution in [0.25, 0.3) is 0 Å². The van der Waals surface area contributed by atoms with Gasteiger partial charge in [-0.15, -0.1) is 0 Å². The van der Waals surface area contributed by atoms with E-state index in [1.807, 2.05) is 6.08 Å². The van der Waals surface area contributed by atoms with Crippen LogP contribution in [0.2, 0.25) is 0 Å². The van der Waals surface area contributed by atoms with Crippen molar-refractivity contribution in [3.63, 3.8) is 0 Å². The number of allylic oxidation sites excluding steroid dienone is 17. The first kappa shape index (κ1) is 64.0. The summed E-state index contributed by atoms with van der Waals surface area (Å²) in [6, 6.07) is -0.646. The van der Waals surface area contributed by atoms with Crippen molar-refractivity contribution >= 4 is 5.91 Å². The minimum atomic E-state index is -0.860. The van der Waals surface area contributed by atoms with Gasteiger partial charge in [0.1, 0.15) is 0 Å². The van der Waals surface area contributed by atoms with Gasteiger partial charge in [0.2, 0.25) is 5.91 Å². The summed E-state index contributed by atoms with van der Waals surface area (Å²) in [7, 11) is 0. The number of carbonyl (C=O) groups excluding carboxylic acids is 1. The molecule has 0 aliphatic rings. The van der Waals surface area contributed by atoms with Crippen LogP contribution in [0, 0.1) is 0 Å². The Morgan fingerprint density at radius 1 is 0.373 bits per heavy atom. The molecule has 3 N–H and O–H groups in total. The van der Waals surface area contributed by atoms with Gasteiger partial charge in [-0.1, -0.05) is 284 Å². The molecule has 0 saturated heterocycles. The Labute approximate surface area is 416 Å². The summed E-state index contributed by atoms with van der Waals surface area (Å²) in [6.07, 6.45) is 86.7. The van der Waals surface area contributed by atoms with Crippen molar-refractivity contribution < 1.29 is 15.0 Å². The molecule has 0 aromatic carbocycles. The van der Waals surface area contributed by atoms with Gasteiger partial charge in [-0.25, -0.2) is 0 Å². The fourth-order valence-corrected chi connectivity index (χ4v) is 8.20. The molecule has 0 aromatic rings. The second-order valence-electron chi connectivity index (χ2n) is 19.0. The summed E-state index contributed by atoms with van der Waals surface area (Å²) in [4.78, 5) is 12.5. The maximum Gasteiger partial charge on any atom is 0.220 e. The maximum absolute atomic E-state index is 12.5. The summed E-state index contributed by atoms with van der Waals surface area (Å²) in [5.41, 5.74) is 0. The molecule has 2 unspecified atom stereocenters. The molecule has 0 aliphatic heterocycles. The number of aliphatic hydroxyl groups is 2. The number of unbranched alkanes of at least 4 members (excludes halogenated alkanes) is 28. The van der Waals surface area contributed by atoms with E-state index in [1.54, 1.807) is 6.08 Å². The van der Waals surface area contributed by atoms with E-state index in [0.717, 1.165) is 96.3 Å². The van der Waals surface area contributed by atoms with Crippen LogP contribution in [0.1, 0.15) is 264 Å². The molecular weight excluding hydrogens is 819 g/mol. The van der Waals surface area contributed by atoms with Crippen LogP contribution < -0.4 is 5.32 Å². The van der Waals surface area contributed by atoms with Crippen LogP contribution in [0.4, 0.5) is 0 Å². The van der Waals surface area contributed by atoms with Gasteiger partial charge in [0, 0.05) is 6.42 Å². The Kier molecular flexibility index (Phi) is 54.8. The molecule has 0 rings (SSSR count). The van der Waals surface area contributed by atoms with Gasteiger partial charge in [-0.05, 0) is 83.5 Å². The lowest BCUT2D eigenvalue weighted by Crippen LogP contribution is -2.45. The third-order valence-electron chi connectivity index (χ3n) is 12.5. The number of rotatable bonds is 51. The molecule has 0 radical (unpaired) electrons. The van der Waals surface area contributed by atoms with E-state index in [1.165, 1.54) is 148 Å². The Morgan fingerprint density at radius 3 is 0.985 bits per heavy atom. The third kappa shape index (κ3) is 53.9. The molecule has 4 nitrogen and oxygen atoms in total. The van der Waals surface area contributed by atoms with Crippen LogP contribution in [0.3, 0.4) is 0 Å². The highest BCUT2D eigenvalue weighted by molar-refractivity contribution is 5.76. The van der Waals surface area contributed by atoms with E-state index in [2.05, 4.69) is 116 Å². The minimum Gasteiger partial charge on any atom is -0.394 e. The van der Waals surface area contributed by atoms with E-state index in [0.29, 0.717) is 6.42 Å². The zero-order valence-corrected chi connectivity index (χ0v) is 44.1. The molecule has 0 heterocycles. The van der Waals surface area contributed by atoms with Gasteiger partial charge < -0.3 is 15.5 Å². The predicted molar refractivity (Wildman–Crippen MR) is 299 cm³/mol. The number of hydrogen-bond donors (Lipinski definition) is 3. The lowest BCUT2D eigenvalue weighted by Gasteiger charge is -2.20. The number of nitrogens with one attached hydrogen (secondary N) is 1. The van der Waals surface area contributed by atoms with Crippen molar-refractivity contribution in [2.24, 2.45) is 0 Å². The Bertz CT molecular complexity index is 1280. The molecule has 4 heteroatoms. The van der Waals surface area contributed by atoms with E-state index in [9.17, 15) is 15.0 Å². The SMILES string of the molecule is CC/C=C\C/C=C\C/C=C\C/C=C\C/C=C\C/C=C\C/C=C\C/C=C\CCCCCCC(=O)NC(CO)C(O)/C=C/CCCCCCCCCCCCCCCCCCCCCCCCCC. The molecule has 1 amide bonds. The first-order valence-corrected chi connectivity index (χ1v) is 28.6. The van der Waals surface area contributed by atoms with E-state index < -0.39 is 12.1 Å². The smallest absolute Gasteiger partial charge is 0.220 e. The average Bonchev–Trinajstić information content (AvgIpc) is 3.33. The van der Waals surface area contributed by atoms with Crippen LogP contribution in [0.15, 0.2) is 109 Å². The molecule has 0 aromatic heterocycles. The van der Waals surface area contributed by atoms with Gasteiger partial charge in [0.15, 0.2) is 0 Å². The Hall–Kier alpha value is -2.95. The van der Waals surface area contributed by atoms with Crippen LogP contribution in [-0.2, 0) is 4.79 Å². The first-order chi connectivity index (χ1) is 33.2. The molecule has 2 atom stereocenters. The monoisotopic (exact) mass is 928 g/mol. The highest BCUT2D eigenvalue weighted by atomic mass is 16.3. The number of carbonyl (C=O) groups is 1. The fraction of sp³-hybridized carbons (Fsp3) is 0.698. The summed E-state index contributed by atoms with van der Waals surface area (Å²) < 4.78 is 0. The highest BCUT2D eigenvalue weighted by Gasteiger charge is 2.18. The Balaban J connectivity index is 3.62. The van der Waals surface area contributed by atoms with Crippen LogP contribution in [0.5, 0.6) is 0 Å². The second kappa shape index (κ2) is 57.4. The normalized spacial score (nSPS) is 13.7. The number of hydrogen-bond acceptors (Lipinski definition) is 3. The fourth-order valence-electron chi connectivity index (χ4n) is 8.20. The first-order valence-electron chi connectivity index (χ1n) is 28.6. The number of aliphatic hydroxyl groups excluding tert-OH is 2.